The summed E-state index contributed by atoms with van der Waals surface area (Å²) in [4.78, 5) is 28.2. The molecule has 1 aromatic carbocycles. The molecule has 1 fully saturated rings. The number of rotatable bonds is 4. The van der Waals surface area contributed by atoms with Gasteiger partial charge >= 0.3 is 0 Å². The summed E-state index contributed by atoms with van der Waals surface area (Å²) < 4.78 is 13.8. The van der Waals surface area contributed by atoms with Gasteiger partial charge in [0.15, 0.2) is 0 Å². The van der Waals surface area contributed by atoms with Crippen LogP contribution in [0.5, 0.6) is 0 Å². The van der Waals surface area contributed by atoms with E-state index >= 15 is 0 Å². The van der Waals surface area contributed by atoms with Crippen molar-refractivity contribution < 1.29 is 9.18 Å². The van der Waals surface area contributed by atoms with Gasteiger partial charge < -0.3 is 10.2 Å². The molecule has 1 N–H and O–H groups in total. The van der Waals surface area contributed by atoms with Gasteiger partial charge in [0.25, 0.3) is 5.91 Å². The highest BCUT2D eigenvalue weighted by Crippen LogP contribution is 2.27. The highest BCUT2D eigenvalue weighted by atomic mass is 19.1. The molecule has 3 heterocycles. The average Bonchev–Trinajstić information content (AvgIpc) is 2.73. The van der Waals surface area contributed by atoms with Gasteiger partial charge in [-0.05, 0) is 44.4 Å². The number of anilines is 1. The topological polar surface area (TPSA) is 71.0 Å². The minimum atomic E-state index is -0.382. The van der Waals surface area contributed by atoms with Gasteiger partial charge in [0.2, 0.25) is 5.95 Å². The van der Waals surface area contributed by atoms with Crippen molar-refractivity contribution in [3.63, 3.8) is 0 Å². The van der Waals surface area contributed by atoms with Gasteiger partial charge in [-0.15, -0.1) is 0 Å². The second kappa shape index (κ2) is 7.88. The molecule has 144 valence electrons. The van der Waals surface area contributed by atoms with Crippen LogP contribution in [0.15, 0.2) is 36.7 Å². The molecule has 6 nitrogen and oxygen atoms in total. The molecule has 3 aromatic rings. The first-order valence-electron chi connectivity index (χ1n) is 9.61. The molecule has 7 heteroatoms. The third kappa shape index (κ3) is 3.65. The highest BCUT2D eigenvalue weighted by molar-refractivity contribution is 6.07. The lowest BCUT2D eigenvalue weighted by Crippen LogP contribution is -2.35. The number of hydrogen-bond acceptors (Lipinski definition) is 5. The predicted molar refractivity (Wildman–Crippen MR) is 107 cm³/mol. The predicted octanol–water partition coefficient (Wildman–Crippen LogP) is 3.89. The molecule has 0 saturated carbocycles. The fraction of sp³-hybridized carbons (Fsp3) is 0.333. The number of hydrogen-bond donors (Lipinski definition) is 1. The summed E-state index contributed by atoms with van der Waals surface area (Å²) in [5.74, 6) is 0.111. The van der Waals surface area contributed by atoms with Crippen molar-refractivity contribution >= 4 is 22.8 Å². The normalized spacial score (nSPS) is 14.3. The van der Waals surface area contributed by atoms with E-state index in [0.29, 0.717) is 33.7 Å². The summed E-state index contributed by atoms with van der Waals surface area (Å²) in [6.45, 7) is 4.19. The monoisotopic (exact) mass is 379 g/mol. The van der Waals surface area contributed by atoms with E-state index in [0.717, 1.165) is 38.9 Å². The Morgan fingerprint density at radius 3 is 2.61 bits per heavy atom. The summed E-state index contributed by atoms with van der Waals surface area (Å²) in [6, 6.07) is 6.12. The van der Waals surface area contributed by atoms with Crippen LogP contribution in [-0.4, -0.2) is 45.4 Å². The van der Waals surface area contributed by atoms with Crippen molar-refractivity contribution in [2.75, 3.05) is 25.0 Å². The Bertz CT molecular complexity index is 1000. The lowest BCUT2D eigenvalue weighted by Gasteiger charge is -2.27. The molecule has 0 radical (unpaired) electrons. The molecule has 28 heavy (non-hydrogen) atoms. The summed E-state index contributed by atoms with van der Waals surface area (Å²) in [5.41, 5.74) is 2.23. The number of amides is 1. The first kappa shape index (κ1) is 18.3. The van der Waals surface area contributed by atoms with Crippen molar-refractivity contribution in [3.05, 3.63) is 48.0 Å². The maximum absolute atomic E-state index is 13.8. The summed E-state index contributed by atoms with van der Waals surface area (Å²) in [5, 5.41) is 3.70. The number of benzene rings is 1. The zero-order valence-corrected chi connectivity index (χ0v) is 15.8. The zero-order valence-electron chi connectivity index (χ0n) is 15.8. The lowest BCUT2D eigenvalue weighted by molar-refractivity contribution is 0.0726. The molecule has 1 aliphatic heterocycles. The van der Waals surface area contributed by atoms with Gasteiger partial charge in [-0.2, -0.15) is 0 Å². The minimum Gasteiger partial charge on any atom is -0.355 e. The van der Waals surface area contributed by atoms with Crippen molar-refractivity contribution in [1.29, 1.82) is 0 Å². The van der Waals surface area contributed by atoms with Crippen LogP contribution < -0.4 is 5.32 Å². The first-order chi connectivity index (χ1) is 13.7. The largest absolute Gasteiger partial charge is 0.355 e. The third-order valence-electron chi connectivity index (χ3n) is 4.93. The Hall–Kier alpha value is -3.09. The molecule has 4 rings (SSSR count). The number of nitrogens with zero attached hydrogens (tertiary/aromatic N) is 4. The maximum atomic E-state index is 13.8. The van der Waals surface area contributed by atoms with Crippen LogP contribution in [0.3, 0.4) is 0 Å². The van der Waals surface area contributed by atoms with Crippen molar-refractivity contribution in [2.45, 2.75) is 26.2 Å². The fourth-order valence-electron chi connectivity index (χ4n) is 3.50. The van der Waals surface area contributed by atoms with Gasteiger partial charge in [0.05, 0.1) is 16.8 Å². The van der Waals surface area contributed by atoms with E-state index in [1.807, 2.05) is 11.8 Å². The highest BCUT2D eigenvalue weighted by Gasteiger charge is 2.22. The molecule has 0 aliphatic carbocycles. The Balaban J connectivity index is 1.80. The van der Waals surface area contributed by atoms with Crippen LogP contribution in [-0.2, 0) is 0 Å². The molecule has 1 aliphatic rings. The Labute approximate surface area is 162 Å². The van der Waals surface area contributed by atoms with Crippen LogP contribution >= 0.6 is 0 Å². The van der Waals surface area contributed by atoms with Gasteiger partial charge in [0.1, 0.15) is 5.82 Å². The van der Waals surface area contributed by atoms with E-state index in [1.165, 1.54) is 12.1 Å². The number of fused-ring (bicyclic) bond motifs is 1. The number of likely N-dealkylation sites (tertiary alicyclic amines) is 1. The summed E-state index contributed by atoms with van der Waals surface area (Å²) in [6.07, 6.45) is 6.49. The maximum Gasteiger partial charge on any atom is 0.254 e. The van der Waals surface area contributed by atoms with Crippen molar-refractivity contribution in [1.82, 2.24) is 19.9 Å². The second-order valence-electron chi connectivity index (χ2n) is 6.90. The van der Waals surface area contributed by atoms with E-state index in [-0.39, 0.29) is 11.7 Å². The van der Waals surface area contributed by atoms with Crippen molar-refractivity contribution in [2.24, 2.45) is 0 Å². The molecule has 0 bridgehead atoms. The zero-order chi connectivity index (χ0) is 19.5. The minimum absolute atomic E-state index is 0.0369. The SMILES string of the molecule is CCNc1ncc(-c2cc(C(=O)N3CCCCC3)c3ccc(F)cc3n2)cn1. The smallest absolute Gasteiger partial charge is 0.254 e. The molecule has 1 saturated heterocycles. The first-order valence-corrected chi connectivity index (χ1v) is 9.61. The molecular formula is C21H22FN5O. The van der Waals surface area contributed by atoms with Crippen LogP contribution in [0.2, 0.25) is 0 Å². The average molecular weight is 379 g/mol. The Morgan fingerprint density at radius 2 is 1.89 bits per heavy atom. The van der Waals surface area contributed by atoms with E-state index in [9.17, 15) is 9.18 Å². The fourth-order valence-corrected chi connectivity index (χ4v) is 3.50. The summed E-state index contributed by atoms with van der Waals surface area (Å²) >= 11 is 0. The van der Waals surface area contributed by atoms with E-state index in [1.54, 1.807) is 24.5 Å². The van der Waals surface area contributed by atoms with E-state index in [2.05, 4.69) is 20.3 Å². The Kier molecular flexibility index (Phi) is 5.14. The molecule has 2 aromatic heterocycles. The molecule has 0 unspecified atom stereocenters. The van der Waals surface area contributed by atoms with E-state index < -0.39 is 0 Å². The van der Waals surface area contributed by atoms with Crippen molar-refractivity contribution in [3.8, 4) is 11.3 Å². The number of aromatic nitrogens is 3. The number of carbonyl (C=O) groups is 1. The molecular weight excluding hydrogens is 357 g/mol. The molecule has 0 atom stereocenters. The van der Waals surface area contributed by atoms with Crippen LogP contribution in [0.25, 0.3) is 22.2 Å². The Morgan fingerprint density at radius 1 is 1.14 bits per heavy atom. The number of nitrogens with one attached hydrogen (secondary N) is 1. The second-order valence-corrected chi connectivity index (χ2v) is 6.90. The van der Waals surface area contributed by atoms with Gasteiger partial charge in [-0.3, -0.25) is 4.79 Å². The lowest BCUT2D eigenvalue weighted by atomic mass is 10.0. The third-order valence-corrected chi connectivity index (χ3v) is 4.93. The molecule has 1 amide bonds. The van der Waals surface area contributed by atoms with Gasteiger partial charge in [-0.25, -0.2) is 19.3 Å². The van der Waals surface area contributed by atoms with Gasteiger partial charge in [0, 0.05) is 49.0 Å². The van der Waals surface area contributed by atoms with Crippen LogP contribution in [0.1, 0.15) is 36.5 Å². The summed E-state index contributed by atoms with van der Waals surface area (Å²) in [7, 11) is 0. The number of piperidine rings is 1. The van der Waals surface area contributed by atoms with Crippen LogP contribution in [0.4, 0.5) is 10.3 Å². The number of pyridine rings is 1. The standard InChI is InChI=1S/C21H22FN5O/c1-2-23-21-24-12-14(13-25-21)18-11-17(20(28)27-8-4-3-5-9-27)16-7-6-15(22)10-19(16)26-18/h6-7,10-13H,2-5,8-9H2,1H3,(H,23,24,25). The van der Waals surface area contributed by atoms with Crippen LogP contribution in [0, 0.1) is 5.82 Å². The number of halogens is 1. The molecule has 0 spiro atoms. The van der Waals surface area contributed by atoms with Gasteiger partial charge in [-0.1, -0.05) is 0 Å². The number of carbonyl (C=O) groups excluding carboxylic acids is 1. The van der Waals surface area contributed by atoms with E-state index in [4.69, 9.17) is 0 Å². The quantitative estimate of drug-likeness (QED) is 0.745.